The molecule has 0 saturated carbocycles. The van der Waals surface area contributed by atoms with Crippen LogP contribution in [0.25, 0.3) is 0 Å². The Labute approximate surface area is 140 Å². The third-order valence-electron chi connectivity index (χ3n) is 3.02. The van der Waals surface area contributed by atoms with E-state index in [1.54, 1.807) is 38.3 Å². The fourth-order valence-corrected chi connectivity index (χ4v) is 1.93. The van der Waals surface area contributed by atoms with Crippen molar-refractivity contribution in [1.29, 1.82) is 0 Å². The Morgan fingerprint density at radius 2 is 1.87 bits per heavy atom. The number of rotatable bonds is 4. The highest BCUT2D eigenvalue weighted by Gasteiger charge is 2.03. The van der Waals surface area contributed by atoms with E-state index in [1.807, 2.05) is 6.07 Å². The van der Waals surface area contributed by atoms with Crippen molar-refractivity contribution in [3.8, 4) is 11.5 Å². The number of hydrogen-bond donors (Lipinski definition) is 5. The van der Waals surface area contributed by atoms with E-state index in [2.05, 4.69) is 5.32 Å². The number of benzene rings is 2. The van der Waals surface area contributed by atoms with Crippen molar-refractivity contribution in [3.63, 3.8) is 0 Å². The number of aryl methyl sites for hydroxylation is 1. The molecule has 0 bridgehead atoms. The first kappa shape index (κ1) is 18.7. The number of nitrogens with one attached hydrogen (secondary N) is 1. The van der Waals surface area contributed by atoms with E-state index in [-0.39, 0.29) is 17.4 Å². The molecule has 23 heavy (non-hydrogen) atoms. The molecule has 0 aliphatic heterocycles. The Kier molecular flexibility index (Phi) is 7.31. The van der Waals surface area contributed by atoms with Crippen LogP contribution in [0.3, 0.4) is 0 Å². The van der Waals surface area contributed by atoms with Crippen molar-refractivity contribution in [2.24, 2.45) is 0 Å². The third kappa shape index (κ3) is 5.43. The summed E-state index contributed by atoms with van der Waals surface area (Å²) in [5.41, 5.74) is 13.7. The van der Waals surface area contributed by atoms with Gasteiger partial charge in [-0.2, -0.15) is 0 Å². The van der Waals surface area contributed by atoms with Gasteiger partial charge in [-0.25, -0.2) is 0 Å². The van der Waals surface area contributed by atoms with Gasteiger partial charge in [0.1, 0.15) is 16.5 Å². The zero-order valence-corrected chi connectivity index (χ0v) is 13.9. The van der Waals surface area contributed by atoms with Crippen LogP contribution in [0, 0.1) is 6.92 Å². The number of phenolic OH excluding ortho intramolecular Hbond substituents is 1. The van der Waals surface area contributed by atoms with Gasteiger partial charge in [0.15, 0.2) is 0 Å². The van der Waals surface area contributed by atoms with Gasteiger partial charge in [0, 0.05) is 12.2 Å². The molecule has 0 fully saturated rings. The van der Waals surface area contributed by atoms with Gasteiger partial charge in [0.25, 0.3) is 0 Å². The van der Waals surface area contributed by atoms with Crippen LogP contribution in [0.4, 0.5) is 17.1 Å². The maximum Gasteiger partial charge on any atom is 0.141 e. The summed E-state index contributed by atoms with van der Waals surface area (Å²) in [7, 11) is 1.58. The van der Waals surface area contributed by atoms with Crippen LogP contribution >= 0.6 is 11.6 Å². The van der Waals surface area contributed by atoms with E-state index in [4.69, 9.17) is 32.9 Å². The number of anilines is 3. The van der Waals surface area contributed by atoms with E-state index in [0.29, 0.717) is 23.7 Å². The van der Waals surface area contributed by atoms with Crippen molar-refractivity contribution < 1.29 is 14.9 Å². The van der Waals surface area contributed by atoms with Gasteiger partial charge in [0.2, 0.25) is 0 Å². The zero-order valence-electron chi connectivity index (χ0n) is 13.1. The van der Waals surface area contributed by atoms with E-state index in [0.717, 1.165) is 11.3 Å². The Morgan fingerprint density at radius 3 is 2.39 bits per heavy atom. The molecule has 2 aromatic carbocycles. The summed E-state index contributed by atoms with van der Waals surface area (Å²) in [5, 5.41) is 21.0. The maximum absolute atomic E-state index is 9.18. The average molecular weight is 340 g/mol. The lowest BCUT2D eigenvalue weighted by molar-refractivity contribution is 0.311. The van der Waals surface area contributed by atoms with Crippen molar-refractivity contribution >= 4 is 28.7 Å². The predicted molar refractivity (Wildman–Crippen MR) is 95.2 cm³/mol. The molecule has 0 aliphatic rings. The molecule has 7 N–H and O–H groups in total. The zero-order chi connectivity index (χ0) is 17.4. The SMILES string of the molecule is COc1ccc(NCCO)cc1N.Cc1ccc(N)c(Cl)c1O. The van der Waals surface area contributed by atoms with Crippen LogP contribution in [0.1, 0.15) is 5.56 Å². The summed E-state index contributed by atoms with van der Waals surface area (Å²) in [6.45, 7) is 2.39. The fourth-order valence-electron chi connectivity index (χ4n) is 1.72. The highest BCUT2D eigenvalue weighted by Crippen LogP contribution is 2.31. The monoisotopic (exact) mass is 339 g/mol. The Balaban J connectivity index is 0.000000238. The third-order valence-corrected chi connectivity index (χ3v) is 3.42. The number of aromatic hydroxyl groups is 1. The lowest BCUT2D eigenvalue weighted by Crippen LogP contribution is -2.05. The Hall–Kier alpha value is -2.31. The Morgan fingerprint density at radius 1 is 1.17 bits per heavy atom. The number of aliphatic hydroxyl groups excluding tert-OH is 1. The lowest BCUT2D eigenvalue weighted by atomic mass is 10.2. The van der Waals surface area contributed by atoms with E-state index in [9.17, 15) is 5.11 Å². The van der Waals surface area contributed by atoms with Gasteiger partial charge < -0.3 is 31.7 Å². The van der Waals surface area contributed by atoms with E-state index < -0.39 is 0 Å². The van der Waals surface area contributed by atoms with Crippen molar-refractivity contribution in [2.75, 3.05) is 37.0 Å². The maximum atomic E-state index is 9.18. The largest absolute Gasteiger partial charge is 0.506 e. The summed E-state index contributed by atoms with van der Waals surface area (Å²) in [6, 6.07) is 8.79. The van der Waals surface area contributed by atoms with Crippen molar-refractivity contribution in [3.05, 3.63) is 40.9 Å². The molecule has 0 saturated heterocycles. The first-order chi connectivity index (χ1) is 10.9. The van der Waals surface area contributed by atoms with Crippen LogP contribution in [0.15, 0.2) is 30.3 Å². The topological polar surface area (TPSA) is 114 Å². The molecule has 126 valence electrons. The van der Waals surface area contributed by atoms with E-state index >= 15 is 0 Å². The van der Waals surface area contributed by atoms with Gasteiger partial charge in [0.05, 0.1) is 25.1 Å². The van der Waals surface area contributed by atoms with Crippen LogP contribution < -0.4 is 21.5 Å². The number of nitrogen functional groups attached to an aromatic ring is 2. The van der Waals surface area contributed by atoms with Crippen LogP contribution in [0.2, 0.25) is 5.02 Å². The van der Waals surface area contributed by atoms with Gasteiger partial charge in [-0.05, 0) is 36.8 Å². The number of hydrogen-bond acceptors (Lipinski definition) is 6. The number of aliphatic hydroxyl groups is 1. The van der Waals surface area contributed by atoms with Crippen molar-refractivity contribution in [1.82, 2.24) is 0 Å². The second-order valence-corrected chi connectivity index (χ2v) is 5.12. The number of phenols is 1. The minimum Gasteiger partial charge on any atom is -0.506 e. The summed E-state index contributed by atoms with van der Waals surface area (Å²) >= 11 is 5.61. The normalized spacial score (nSPS) is 9.74. The first-order valence-corrected chi connectivity index (χ1v) is 7.30. The molecule has 6 nitrogen and oxygen atoms in total. The molecule has 7 heteroatoms. The molecular formula is C16H22ClN3O3. The summed E-state index contributed by atoms with van der Waals surface area (Å²) in [4.78, 5) is 0. The fraction of sp³-hybridized carbons (Fsp3) is 0.250. The molecule has 0 heterocycles. The standard InChI is InChI=1S/C9H14N2O2.C7H8ClNO/c1-13-9-3-2-7(6-8(9)10)11-4-5-12;1-4-2-3-5(9)6(8)7(4)10/h2-3,6,11-12H,4-5,10H2,1H3;2-3,10H,9H2,1H3. The molecule has 0 aliphatic carbocycles. The molecule has 0 aromatic heterocycles. The van der Waals surface area contributed by atoms with Gasteiger partial charge >= 0.3 is 0 Å². The minimum atomic E-state index is 0.0710. The number of nitrogens with two attached hydrogens (primary N) is 2. The summed E-state index contributed by atoms with van der Waals surface area (Å²) in [6.07, 6.45) is 0. The van der Waals surface area contributed by atoms with Gasteiger partial charge in [-0.15, -0.1) is 0 Å². The lowest BCUT2D eigenvalue weighted by Gasteiger charge is -2.08. The number of halogens is 1. The van der Waals surface area contributed by atoms with Crippen LogP contribution in [-0.2, 0) is 0 Å². The molecular weight excluding hydrogens is 318 g/mol. The molecule has 0 radical (unpaired) electrons. The van der Waals surface area contributed by atoms with E-state index in [1.165, 1.54) is 0 Å². The predicted octanol–water partition coefficient (Wildman–Crippen LogP) is 2.62. The molecule has 2 rings (SSSR count). The molecule has 2 aromatic rings. The second kappa shape index (κ2) is 8.97. The second-order valence-electron chi connectivity index (χ2n) is 4.74. The number of methoxy groups -OCH3 is 1. The molecule has 0 atom stereocenters. The quantitative estimate of drug-likeness (QED) is 0.547. The molecule has 0 unspecified atom stereocenters. The first-order valence-electron chi connectivity index (χ1n) is 6.92. The average Bonchev–Trinajstić information content (AvgIpc) is 2.55. The molecule has 0 amide bonds. The Bertz CT molecular complexity index is 624. The molecule has 0 spiro atoms. The summed E-state index contributed by atoms with van der Waals surface area (Å²) < 4.78 is 5.00. The minimum absolute atomic E-state index is 0.0710. The van der Waals surface area contributed by atoms with Crippen molar-refractivity contribution in [2.45, 2.75) is 6.92 Å². The summed E-state index contributed by atoms with van der Waals surface area (Å²) in [5.74, 6) is 0.733. The highest BCUT2D eigenvalue weighted by atomic mass is 35.5. The number of ether oxygens (including phenoxy) is 1. The highest BCUT2D eigenvalue weighted by molar-refractivity contribution is 6.34. The smallest absolute Gasteiger partial charge is 0.141 e. The van der Waals surface area contributed by atoms with Crippen LogP contribution in [-0.4, -0.2) is 30.5 Å². The van der Waals surface area contributed by atoms with Gasteiger partial charge in [-0.3, -0.25) is 0 Å². The van der Waals surface area contributed by atoms with Crippen LogP contribution in [0.5, 0.6) is 11.5 Å². The van der Waals surface area contributed by atoms with Gasteiger partial charge in [-0.1, -0.05) is 17.7 Å².